The molecule has 0 radical (unpaired) electrons. The molecule has 1 aromatic carbocycles. The zero-order valence-corrected chi connectivity index (χ0v) is 15.3. The van der Waals surface area contributed by atoms with Crippen molar-refractivity contribution in [2.45, 2.75) is 45.7 Å². The Labute approximate surface area is 155 Å². The number of nitrogens with zero attached hydrogens (tertiary/aromatic N) is 4. The Morgan fingerprint density at radius 2 is 2.00 bits per heavy atom. The van der Waals surface area contributed by atoms with Crippen LogP contribution in [0.15, 0.2) is 33.9 Å². The van der Waals surface area contributed by atoms with Gasteiger partial charge in [-0.2, -0.15) is 10.1 Å². The van der Waals surface area contributed by atoms with E-state index in [-0.39, 0.29) is 36.5 Å². The van der Waals surface area contributed by atoms with Gasteiger partial charge >= 0.3 is 0 Å². The Bertz CT molecular complexity index is 889. The van der Waals surface area contributed by atoms with Crippen LogP contribution in [0.4, 0.5) is 4.39 Å². The van der Waals surface area contributed by atoms with Gasteiger partial charge in [-0.05, 0) is 31.5 Å². The van der Waals surface area contributed by atoms with E-state index in [4.69, 9.17) is 4.52 Å². The van der Waals surface area contributed by atoms with Crippen molar-refractivity contribution in [3.63, 3.8) is 0 Å². The third-order valence-corrected chi connectivity index (χ3v) is 4.07. The third kappa shape index (κ3) is 4.36. The summed E-state index contributed by atoms with van der Waals surface area (Å²) in [6.07, 6.45) is 0.633. The monoisotopic (exact) mass is 373 g/mol. The van der Waals surface area contributed by atoms with E-state index in [1.54, 1.807) is 26.0 Å². The lowest BCUT2D eigenvalue weighted by molar-refractivity contribution is -0.132. The summed E-state index contributed by atoms with van der Waals surface area (Å²) in [6, 6.07) is 5.88. The summed E-state index contributed by atoms with van der Waals surface area (Å²) in [6.45, 7) is 5.15. The van der Waals surface area contributed by atoms with Gasteiger partial charge in [-0.15, -0.1) is 0 Å². The predicted molar refractivity (Wildman–Crippen MR) is 93.9 cm³/mol. The number of benzene rings is 1. The van der Waals surface area contributed by atoms with Gasteiger partial charge in [-0.25, -0.2) is 9.40 Å². The molecule has 0 aliphatic carbocycles. The van der Waals surface area contributed by atoms with E-state index >= 15 is 0 Å². The zero-order chi connectivity index (χ0) is 19.6. The van der Waals surface area contributed by atoms with Gasteiger partial charge in [0, 0.05) is 19.8 Å². The van der Waals surface area contributed by atoms with E-state index in [1.165, 1.54) is 24.1 Å². The van der Waals surface area contributed by atoms with E-state index in [9.17, 15) is 14.0 Å². The summed E-state index contributed by atoms with van der Waals surface area (Å²) >= 11 is 0. The van der Waals surface area contributed by atoms with Crippen molar-refractivity contribution in [1.29, 1.82) is 0 Å². The van der Waals surface area contributed by atoms with Crippen molar-refractivity contribution in [3.8, 4) is 0 Å². The molecule has 1 N–H and O–H groups in total. The molecule has 27 heavy (non-hydrogen) atoms. The van der Waals surface area contributed by atoms with Crippen molar-refractivity contribution in [2.24, 2.45) is 5.10 Å². The van der Waals surface area contributed by atoms with Gasteiger partial charge in [0.2, 0.25) is 11.8 Å². The molecule has 8 nitrogen and oxygen atoms in total. The van der Waals surface area contributed by atoms with Crippen molar-refractivity contribution in [3.05, 3.63) is 47.4 Å². The molecule has 2 aromatic rings. The molecule has 2 amide bonds. The molecule has 142 valence electrons. The maximum Gasteiger partial charge on any atom is 0.274 e. The molecule has 1 aliphatic heterocycles. The van der Waals surface area contributed by atoms with Gasteiger partial charge in [0.05, 0.1) is 12.1 Å². The van der Waals surface area contributed by atoms with Gasteiger partial charge in [-0.3, -0.25) is 9.59 Å². The summed E-state index contributed by atoms with van der Waals surface area (Å²) in [5.41, 5.74) is 0.453. The number of aromatic nitrogens is 2. The Kier molecular flexibility index (Phi) is 5.02. The zero-order valence-electron chi connectivity index (χ0n) is 15.3. The molecule has 0 saturated heterocycles. The highest BCUT2D eigenvalue weighted by molar-refractivity contribution is 6.00. The van der Waals surface area contributed by atoms with E-state index in [0.29, 0.717) is 18.0 Å². The number of carbonyl (C=O) groups excluding carboxylic acids is 2. The standard InChI is InChI=1S/C18H20FN5O3/c1-11(25)21-18(2,3)17-20-16(27-23-17)14-8-9-15(26)24(22-14)10-12-4-6-13(19)7-5-12/h4-7H,8-10H2,1-3H3,(H,21,25). The summed E-state index contributed by atoms with van der Waals surface area (Å²) in [5.74, 6) is -0.163. The first-order valence-corrected chi connectivity index (χ1v) is 8.50. The Hall–Kier alpha value is -3.10. The minimum atomic E-state index is -0.799. The molecule has 0 spiro atoms. The van der Waals surface area contributed by atoms with E-state index in [0.717, 1.165) is 5.56 Å². The predicted octanol–water partition coefficient (Wildman–Crippen LogP) is 2.11. The maximum absolute atomic E-state index is 13.0. The number of halogens is 1. The van der Waals surface area contributed by atoms with Crippen LogP contribution in [0.3, 0.4) is 0 Å². The molecular formula is C18H20FN5O3. The number of carbonyl (C=O) groups is 2. The molecule has 0 unspecified atom stereocenters. The highest BCUT2D eigenvalue weighted by Crippen LogP contribution is 2.20. The number of amides is 2. The molecule has 1 aliphatic rings. The fourth-order valence-electron chi connectivity index (χ4n) is 2.73. The Morgan fingerprint density at radius 1 is 1.30 bits per heavy atom. The summed E-state index contributed by atoms with van der Waals surface area (Å²) in [4.78, 5) is 27.8. The first-order valence-electron chi connectivity index (χ1n) is 8.50. The molecule has 0 fully saturated rings. The molecule has 1 aromatic heterocycles. The van der Waals surface area contributed by atoms with E-state index in [2.05, 4.69) is 20.6 Å². The van der Waals surface area contributed by atoms with Crippen LogP contribution in [0.1, 0.15) is 50.9 Å². The normalized spacial score (nSPS) is 14.9. The molecule has 3 rings (SSSR count). The molecule has 2 heterocycles. The van der Waals surface area contributed by atoms with Crippen LogP contribution in [-0.2, 0) is 21.7 Å². The fourth-order valence-corrected chi connectivity index (χ4v) is 2.73. The van der Waals surface area contributed by atoms with Gasteiger partial charge < -0.3 is 9.84 Å². The second-order valence-electron chi connectivity index (χ2n) is 6.85. The molecule has 0 atom stereocenters. The SMILES string of the molecule is CC(=O)NC(C)(C)c1noc(C2=NN(Cc3ccc(F)cc3)C(=O)CC2)n1. The van der Waals surface area contributed by atoms with Crippen LogP contribution >= 0.6 is 0 Å². The Morgan fingerprint density at radius 3 is 2.67 bits per heavy atom. The van der Waals surface area contributed by atoms with Crippen molar-refractivity contribution in [1.82, 2.24) is 20.5 Å². The number of hydrogen-bond acceptors (Lipinski definition) is 6. The molecule has 0 saturated carbocycles. The van der Waals surface area contributed by atoms with Crippen molar-refractivity contribution < 1.29 is 18.5 Å². The summed E-state index contributed by atoms with van der Waals surface area (Å²) in [5, 5.41) is 12.3. The van der Waals surface area contributed by atoms with Crippen LogP contribution in [0, 0.1) is 5.82 Å². The van der Waals surface area contributed by atoms with Gasteiger partial charge in [-0.1, -0.05) is 17.3 Å². The average Bonchev–Trinajstić information content (AvgIpc) is 3.09. The molecule has 0 bridgehead atoms. The average molecular weight is 373 g/mol. The number of nitrogens with one attached hydrogen (secondary N) is 1. The topological polar surface area (TPSA) is 101 Å². The van der Waals surface area contributed by atoms with Crippen LogP contribution in [0.2, 0.25) is 0 Å². The number of rotatable bonds is 5. The first kappa shape index (κ1) is 18.7. The van der Waals surface area contributed by atoms with Crippen LogP contribution in [-0.4, -0.2) is 32.7 Å². The fraction of sp³-hybridized carbons (Fsp3) is 0.389. The summed E-state index contributed by atoms with van der Waals surface area (Å²) in [7, 11) is 0. The molecule has 9 heteroatoms. The second-order valence-corrected chi connectivity index (χ2v) is 6.85. The van der Waals surface area contributed by atoms with E-state index < -0.39 is 5.54 Å². The Balaban J connectivity index is 1.81. The van der Waals surface area contributed by atoms with Gasteiger partial charge in [0.15, 0.2) is 5.82 Å². The van der Waals surface area contributed by atoms with Crippen LogP contribution in [0.25, 0.3) is 0 Å². The smallest absolute Gasteiger partial charge is 0.274 e. The van der Waals surface area contributed by atoms with Gasteiger partial charge in [0.1, 0.15) is 11.5 Å². The van der Waals surface area contributed by atoms with Gasteiger partial charge in [0.25, 0.3) is 5.89 Å². The first-order chi connectivity index (χ1) is 12.7. The van der Waals surface area contributed by atoms with Crippen LogP contribution < -0.4 is 5.32 Å². The van der Waals surface area contributed by atoms with Crippen molar-refractivity contribution in [2.75, 3.05) is 0 Å². The quantitative estimate of drug-likeness (QED) is 0.865. The lowest BCUT2D eigenvalue weighted by atomic mass is 10.1. The highest BCUT2D eigenvalue weighted by atomic mass is 19.1. The lowest BCUT2D eigenvalue weighted by Gasteiger charge is -2.22. The highest BCUT2D eigenvalue weighted by Gasteiger charge is 2.30. The van der Waals surface area contributed by atoms with E-state index in [1.807, 2.05) is 0 Å². The van der Waals surface area contributed by atoms with Crippen molar-refractivity contribution >= 4 is 17.5 Å². The lowest BCUT2D eigenvalue weighted by Crippen LogP contribution is -2.40. The molecular weight excluding hydrogens is 353 g/mol. The third-order valence-electron chi connectivity index (χ3n) is 4.07. The minimum Gasteiger partial charge on any atom is -0.344 e. The van der Waals surface area contributed by atoms with Crippen LogP contribution in [0.5, 0.6) is 0 Å². The summed E-state index contributed by atoms with van der Waals surface area (Å²) < 4.78 is 18.3. The number of hydrazone groups is 1. The minimum absolute atomic E-state index is 0.138. The number of hydrogen-bond donors (Lipinski definition) is 1. The second kappa shape index (κ2) is 7.26. The largest absolute Gasteiger partial charge is 0.344 e. The maximum atomic E-state index is 13.0.